The Hall–Kier alpha value is -12.5. The van der Waals surface area contributed by atoms with Crippen molar-refractivity contribution in [1.82, 2.24) is 29.9 Å². The van der Waals surface area contributed by atoms with Crippen LogP contribution in [0.5, 0.6) is 0 Å². The van der Waals surface area contributed by atoms with Gasteiger partial charge in [-0.05, 0) is 174 Å². The summed E-state index contributed by atoms with van der Waals surface area (Å²) in [6.45, 7) is 4.61. The summed E-state index contributed by atoms with van der Waals surface area (Å²) in [5.74, 6) is 2.12. The fraction of sp³-hybridized carbons (Fsp3) is 0.0989. The van der Waals surface area contributed by atoms with Crippen molar-refractivity contribution in [3.05, 3.63) is 296 Å². The SMILES string of the molecule is CC1(C)c2ccccc2-c2cccc(-c3ncnc(-c4ccc5c6cc(-c7c(-c8ccccn8)cccc7C7CCCCC7)cc7oc8c(-c9ccnc(-c%10cccc%11ccccc%10%11)n9)ccc(c9cc(N(c%10ccccc%10)c%10ccc(-c%11ccccc%11)cc%10)cc%10oc4c5c%109)c8c76)n3)c21. The van der Waals surface area contributed by atoms with Gasteiger partial charge in [0.2, 0.25) is 0 Å². The third kappa shape index (κ3) is 9.08. The number of benzene rings is 12. The Morgan fingerprint density at radius 1 is 0.370 bits per heavy atom. The maximum atomic E-state index is 7.77. The molecule has 1 saturated carbocycles. The lowest BCUT2D eigenvalue weighted by Gasteiger charge is -2.26. The number of pyridine rings is 1. The molecule has 474 valence electrons. The predicted octanol–water partition coefficient (Wildman–Crippen LogP) is 24.2. The molecule has 0 aliphatic heterocycles. The molecular weight excluding hydrogens is 1220 g/mol. The summed E-state index contributed by atoms with van der Waals surface area (Å²) in [7, 11) is 0. The molecule has 0 unspecified atom stereocenters. The number of rotatable bonds is 11. The summed E-state index contributed by atoms with van der Waals surface area (Å²) in [5.41, 5.74) is 22.5. The minimum absolute atomic E-state index is 0.303. The first-order valence-electron chi connectivity index (χ1n) is 34.7. The smallest absolute Gasteiger partial charge is 0.167 e. The largest absolute Gasteiger partial charge is 0.455 e. The molecule has 2 aliphatic rings. The first kappa shape index (κ1) is 57.8. The fourth-order valence-corrected chi connectivity index (χ4v) is 17.0. The van der Waals surface area contributed by atoms with Crippen molar-refractivity contribution in [2.75, 3.05) is 4.90 Å². The van der Waals surface area contributed by atoms with E-state index in [9.17, 15) is 0 Å². The zero-order valence-corrected chi connectivity index (χ0v) is 55.1. The molecule has 20 rings (SSSR count). The average Bonchev–Trinajstić information content (AvgIpc) is 1.51. The Balaban J connectivity index is 0.903. The number of anilines is 3. The molecule has 1 fully saturated rings. The predicted molar refractivity (Wildman–Crippen MR) is 408 cm³/mol. The van der Waals surface area contributed by atoms with Crippen LogP contribution in [0.1, 0.15) is 68.6 Å². The Kier molecular flexibility index (Phi) is 13.2. The summed E-state index contributed by atoms with van der Waals surface area (Å²) in [6, 6.07) is 93.4. The maximum absolute atomic E-state index is 7.77. The highest BCUT2D eigenvalue weighted by Gasteiger charge is 2.38. The third-order valence-corrected chi connectivity index (χ3v) is 21.5. The fourth-order valence-electron chi connectivity index (χ4n) is 17.0. The quantitative estimate of drug-likeness (QED) is 0.125. The summed E-state index contributed by atoms with van der Waals surface area (Å²) in [5, 5.41) is 10.1. The second kappa shape index (κ2) is 22.8. The third-order valence-electron chi connectivity index (χ3n) is 21.5. The van der Waals surface area contributed by atoms with Crippen LogP contribution < -0.4 is 4.90 Å². The summed E-state index contributed by atoms with van der Waals surface area (Å²) >= 11 is 0. The Morgan fingerprint density at radius 2 is 0.990 bits per heavy atom. The van der Waals surface area contributed by atoms with Gasteiger partial charge in [0, 0.05) is 79.0 Å². The van der Waals surface area contributed by atoms with Gasteiger partial charge in [-0.25, -0.2) is 24.9 Å². The van der Waals surface area contributed by atoms with Crippen LogP contribution >= 0.6 is 0 Å². The molecule has 2 aliphatic carbocycles. The Labute approximate surface area is 577 Å². The molecule has 0 atom stereocenters. The molecule has 0 bridgehead atoms. The lowest BCUT2D eigenvalue weighted by atomic mass is 9.78. The van der Waals surface area contributed by atoms with E-state index in [1.54, 1.807) is 6.33 Å². The highest BCUT2D eigenvalue weighted by Crippen LogP contribution is 2.55. The van der Waals surface area contributed by atoms with E-state index in [2.05, 4.69) is 267 Å². The normalized spacial score (nSPS) is 13.7. The molecule has 100 heavy (non-hydrogen) atoms. The highest BCUT2D eigenvalue weighted by molar-refractivity contribution is 6.38. The van der Waals surface area contributed by atoms with Crippen molar-refractivity contribution >= 4 is 93.3 Å². The van der Waals surface area contributed by atoms with Crippen molar-refractivity contribution in [2.24, 2.45) is 0 Å². The number of fused-ring (bicyclic) bond motifs is 6. The van der Waals surface area contributed by atoms with Gasteiger partial charge in [-0.3, -0.25) is 4.98 Å². The van der Waals surface area contributed by atoms with Crippen LogP contribution in [0.2, 0.25) is 0 Å². The zero-order valence-electron chi connectivity index (χ0n) is 55.1. The molecule has 0 saturated heterocycles. The van der Waals surface area contributed by atoms with E-state index in [4.69, 9.17) is 38.7 Å². The van der Waals surface area contributed by atoms with Crippen LogP contribution in [0.15, 0.2) is 288 Å². The van der Waals surface area contributed by atoms with Crippen molar-refractivity contribution in [3.8, 4) is 90.1 Å². The monoisotopic (exact) mass is 1290 g/mol. The molecule has 5 aromatic heterocycles. The van der Waals surface area contributed by atoms with Crippen LogP contribution in [0.3, 0.4) is 0 Å². The lowest BCUT2D eigenvalue weighted by Crippen LogP contribution is -2.16. The minimum atomic E-state index is -0.303. The minimum Gasteiger partial charge on any atom is -0.455 e. The van der Waals surface area contributed by atoms with Crippen LogP contribution in [0, 0.1) is 0 Å². The molecular formula is C91H63N7O2. The number of para-hydroxylation sites is 1. The molecule has 9 nitrogen and oxygen atoms in total. The van der Waals surface area contributed by atoms with E-state index in [1.807, 2.05) is 24.5 Å². The summed E-state index contributed by atoms with van der Waals surface area (Å²) < 4.78 is 15.5. The molecule has 0 spiro atoms. The maximum Gasteiger partial charge on any atom is 0.167 e. The van der Waals surface area contributed by atoms with E-state index < -0.39 is 0 Å². The summed E-state index contributed by atoms with van der Waals surface area (Å²) in [4.78, 5) is 33.5. The van der Waals surface area contributed by atoms with Crippen LogP contribution in [-0.2, 0) is 5.41 Å². The Bertz CT molecular complexity index is 6290. The van der Waals surface area contributed by atoms with Crippen molar-refractivity contribution in [2.45, 2.75) is 57.3 Å². The standard InChI is InChI=1S/C91H63N7O2/c1-91(2)75-36-15-14-30-64(75)67-32-20-35-71(85(67)91)89-94-53-95-90(97-89)72-45-43-65-73-49-58(80-63(57-23-8-4-9-24-57)31-19-34-69(80)76-37-16-17-47-92-76)50-78-81(73)83-66(42-44-70(86(83)99-78)77-46-48-93-88(96-77)68-33-18-26-56-25-12-13-29-62(56)68)74-51-61(52-79-82(74)84(65)87(72)100-79)98(59-27-10-5-11-28-59)60-40-38-55(39-41-60)54-21-6-3-7-22-54/h3,5-7,10-22,25-53,57H,4,8-9,23-24H2,1-2H3. The van der Waals surface area contributed by atoms with Gasteiger partial charge in [-0.15, -0.1) is 0 Å². The molecule has 18 aromatic rings. The van der Waals surface area contributed by atoms with Gasteiger partial charge in [0.1, 0.15) is 28.7 Å². The van der Waals surface area contributed by atoms with Gasteiger partial charge in [-0.1, -0.05) is 215 Å². The van der Waals surface area contributed by atoms with E-state index in [0.717, 1.165) is 151 Å². The summed E-state index contributed by atoms with van der Waals surface area (Å²) in [6.07, 6.45) is 11.3. The van der Waals surface area contributed by atoms with Gasteiger partial charge >= 0.3 is 0 Å². The van der Waals surface area contributed by atoms with Gasteiger partial charge in [-0.2, -0.15) is 0 Å². The highest BCUT2D eigenvalue weighted by atomic mass is 16.3. The van der Waals surface area contributed by atoms with Crippen molar-refractivity contribution in [3.63, 3.8) is 0 Å². The van der Waals surface area contributed by atoms with Gasteiger partial charge in [0.15, 0.2) is 17.5 Å². The molecule has 0 amide bonds. The first-order valence-corrected chi connectivity index (χ1v) is 34.7. The molecule has 0 radical (unpaired) electrons. The molecule has 0 N–H and O–H groups in total. The molecule has 9 heteroatoms. The number of aromatic nitrogens is 6. The van der Waals surface area contributed by atoms with Crippen LogP contribution in [-0.4, -0.2) is 29.9 Å². The average molecular weight is 1290 g/mol. The van der Waals surface area contributed by atoms with E-state index in [-0.39, 0.29) is 5.41 Å². The van der Waals surface area contributed by atoms with Gasteiger partial charge in [0.05, 0.1) is 22.6 Å². The second-order valence-electron chi connectivity index (χ2n) is 27.4. The second-order valence-corrected chi connectivity index (χ2v) is 27.4. The van der Waals surface area contributed by atoms with E-state index in [1.165, 1.54) is 52.6 Å². The Morgan fingerprint density at radius 3 is 1.80 bits per heavy atom. The number of furan rings is 2. The van der Waals surface area contributed by atoms with Crippen molar-refractivity contribution in [1.29, 1.82) is 0 Å². The van der Waals surface area contributed by atoms with E-state index in [0.29, 0.717) is 34.6 Å². The number of nitrogens with zero attached hydrogens (tertiary/aromatic N) is 7. The van der Waals surface area contributed by atoms with Gasteiger partial charge < -0.3 is 13.7 Å². The first-order chi connectivity index (χ1) is 49.4. The van der Waals surface area contributed by atoms with Gasteiger partial charge in [0.25, 0.3) is 0 Å². The molecule has 13 aromatic carbocycles. The van der Waals surface area contributed by atoms with Crippen LogP contribution in [0.25, 0.3) is 166 Å². The number of hydrogen-bond acceptors (Lipinski definition) is 9. The van der Waals surface area contributed by atoms with Crippen LogP contribution in [0.4, 0.5) is 17.1 Å². The molecule has 5 heterocycles. The zero-order chi connectivity index (χ0) is 66.2. The topological polar surface area (TPSA) is 107 Å². The van der Waals surface area contributed by atoms with Crippen molar-refractivity contribution < 1.29 is 8.83 Å². The lowest BCUT2D eigenvalue weighted by molar-refractivity contribution is 0.444. The van der Waals surface area contributed by atoms with E-state index >= 15 is 0 Å². The number of hydrogen-bond donors (Lipinski definition) is 0.